The van der Waals surface area contributed by atoms with E-state index >= 15 is 0 Å². The number of carbonyl (C=O) groups is 1. The second kappa shape index (κ2) is 8.36. The maximum Gasteiger partial charge on any atom is 0.291 e. The molecule has 7 heteroatoms. The Morgan fingerprint density at radius 1 is 1.00 bits per heavy atom. The van der Waals surface area contributed by atoms with Crippen LogP contribution in [0.1, 0.15) is 33.3 Å². The summed E-state index contributed by atoms with van der Waals surface area (Å²) in [5, 5.41) is 0.438. The highest BCUT2D eigenvalue weighted by Crippen LogP contribution is 2.41. The predicted molar refractivity (Wildman–Crippen MR) is 129 cm³/mol. The molecule has 0 saturated heterocycles. The van der Waals surface area contributed by atoms with Crippen LogP contribution < -0.4 is 19.6 Å². The van der Waals surface area contributed by atoms with Crippen molar-refractivity contribution in [2.45, 2.75) is 12.6 Å². The molecule has 7 nitrogen and oxygen atoms in total. The zero-order valence-electron chi connectivity index (χ0n) is 18.7. The largest absolute Gasteiger partial charge is 0.490 e. The lowest BCUT2D eigenvalue weighted by Crippen LogP contribution is -2.29. The van der Waals surface area contributed by atoms with Crippen LogP contribution in [0.25, 0.3) is 11.0 Å². The van der Waals surface area contributed by atoms with Crippen molar-refractivity contribution in [3.05, 3.63) is 112 Å². The number of amides is 1. The van der Waals surface area contributed by atoms with E-state index < -0.39 is 6.04 Å². The van der Waals surface area contributed by atoms with Crippen molar-refractivity contribution in [3.8, 4) is 17.2 Å². The number of hydrogen-bond donors (Lipinski definition) is 0. The lowest BCUT2D eigenvalue weighted by atomic mass is 9.98. The molecule has 0 saturated carbocycles. The first-order valence-corrected chi connectivity index (χ1v) is 11.2. The van der Waals surface area contributed by atoms with Gasteiger partial charge >= 0.3 is 0 Å². The number of ether oxygens (including phenoxy) is 3. The van der Waals surface area contributed by atoms with Gasteiger partial charge in [0.05, 0.1) is 17.0 Å². The first-order chi connectivity index (χ1) is 17.1. The van der Waals surface area contributed by atoms with E-state index in [-0.39, 0.29) is 30.4 Å². The van der Waals surface area contributed by atoms with E-state index in [2.05, 4.69) is 6.58 Å². The van der Waals surface area contributed by atoms with Crippen molar-refractivity contribution in [3.63, 3.8) is 0 Å². The van der Waals surface area contributed by atoms with Crippen molar-refractivity contribution in [2.75, 3.05) is 13.4 Å². The molecule has 2 aliphatic heterocycles. The van der Waals surface area contributed by atoms with E-state index in [4.69, 9.17) is 18.6 Å². The molecule has 1 atom stereocenters. The van der Waals surface area contributed by atoms with Crippen molar-refractivity contribution in [1.82, 2.24) is 4.90 Å². The van der Waals surface area contributed by atoms with Gasteiger partial charge < -0.3 is 23.5 Å². The summed E-state index contributed by atoms with van der Waals surface area (Å²) in [6.45, 7) is 4.45. The topological polar surface area (TPSA) is 78.2 Å². The number of hydrogen-bond acceptors (Lipinski definition) is 6. The SMILES string of the molecule is C=CCOc1cccc([C@H]2c3c(oc4ccccc4c3=O)C(=O)N2Cc2ccc3c(c2)OCO3)c1. The van der Waals surface area contributed by atoms with Crippen LogP contribution in [-0.2, 0) is 6.54 Å². The Morgan fingerprint density at radius 2 is 1.86 bits per heavy atom. The van der Waals surface area contributed by atoms with Crippen LogP contribution in [0.15, 0.2) is 88.6 Å². The Morgan fingerprint density at radius 3 is 2.74 bits per heavy atom. The molecule has 0 unspecified atom stereocenters. The van der Waals surface area contributed by atoms with Crippen LogP contribution in [0.2, 0.25) is 0 Å². The molecule has 4 aromatic rings. The molecule has 0 bridgehead atoms. The molecule has 0 radical (unpaired) electrons. The van der Waals surface area contributed by atoms with Crippen LogP contribution in [0.4, 0.5) is 0 Å². The minimum absolute atomic E-state index is 0.0665. The number of rotatable bonds is 6. The third kappa shape index (κ3) is 3.52. The molecule has 3 aromatic carbocycles. The molecule has 1 aromatic heterocycles. The number of nitrogens with zero attached hydrogens (tertiary/aromatic N) is 1. The van der Waals surface area contributed by atoms with E-state index in [1.165, 1.54) is 0 Å². The molecule has 0 spiro atoms. The van der Waals surface area contributed by atoms with E-state index in [9.17, 15) is 9.59 Å². The number of carbonyl (C=O) groups excluding carboxylic acids is 1. The Balaban J connectivity index is 1.49. The maximum absolute atomic E-state index is 13.7. The summed E-state index contributed by atoms with van der Waals surface area (Å²) in [6.07, 6.45) is 1.66. The van der Waals surface area contributed by atoms with E-state index in [1.54, 1.807) is 35.2 Å². The van der Waals surface area contributed by atoms with E-state index in [0.717, 1.165) is 11.1 Å². The Bertz CT molecular complexity index is 1540. The van der Waals surface area contributed by atoms with Crippen molar-refractivity contribution in [2.24, 2.45) is 0 Å². The minimum atomic E-state index is -0.643. The van der Waals surface area contributed by atoms with Gasteiger partial charge in [0.1, 0.15) is 17.9 Å². The zero-order chi connectivity index (χ0) is 23.9. The van der Waals surface area contributed by atoms with Gasteiger partial charge in [-0.25, -0.2) is 0 Å². The van der Waals surface area contributed by atoms with Crippen molar-refractivity contribution in [1.29, 1.82) is 0 Å². The molecule has 0 aliphatic carbocycles. The highest BCUT2D eigenvalue weighted by atomic mass is 16.7. The highest BCUT2D eigenvalue weighted by Gasteiger charge is 2.43. The Labute approximate surface area is 200 Å². The molecule has 2 aliphatic rings. The lowest BCUT2D eigenvalue weighted by molar-refractivity contribution is 0.0714. The number of para-hydroxylation sites is 1. The van der Waals surface area contributed by atoms with Gasteiger partial charge in [-0.1, -0.05) is 43.0 Å². The molecule has 174 valence electrons. The minimum Gasteiger partial charge on any atom is -0.490 e. The summed E-state index contributed by atoms with van der Waals surface area (Å²) in [5.74, 6) is 1.63. The summed E-state index contributed by atoms with van der Waals surface area (Å²) in [5.41, 5.74) is 2.09. The molecule has 3 heterocycles. The summed E-state index contributed by atoms with van der Waals surface area (Å²) >= 11 is 0. The van der Waals surface area contributed by atoms with Gasteiger partial charge in [0.2, 0.25) is 12.6 Å². The third-order valence-corrected chi connectivity index (χ3v) is 6.20. The van der Waals surface area contributed by atoms with Crippen molar-refractivity contribution >= 4 is 16.9 Å². The van der Waals surface area contributed by atoms with Crippen LogP contribution in [0, 0.1) is 0 Å². The van der Waals surface area contributed by atoms with Gasteiger partial charge in [-0.15, -0.1) is 0 Å². The summed E-state index contributed by atoms with van der Waals surface area (Å²) < 4.78 is 22.6. The van der Waals surface area contributed by atoms with Gasteiger partial charge in [0, 0.05) is 6.54 Å². The molecule has 0 fully saturated rings. The first kappa shape index (κ1) is 21.0. The van der Waals surface area contributed by atoms with E-state index in [0.29, 0.717) is 40.4 Å². The first-order valence-electron chi connectivity index (χ1n) is 11.2. The third-order valence-electron chi connectivity index (χ3n) is 6.20. The van der Waals surface area contributed by atoms with Crippen LogP contribution >= 0.6 is 0 Å². The zero-order valence-corrected chi connectivity index (χ0v) is 18.7. The maximum atomic E-state index is 13.7. The van der Waals surface area contributed by atoms with Gasteiger partial charge in [-0.05, 0) is 47.5 Å². The highest BCUT2D eigenvalue weighted by molar-refractivity contribution is 5.99. The molecule has 1 amide bonds. The van der Waals surface area contributed by atoms with Crippen molar-refractivity contribution < 1.29 is 23.4 Å². The average molecular weight is 467 g/mol. The smallest absolute Gasteiger partial charge is 0.291 e. The Hall–Kier alpha value is -4.52. The summed E-state index contributed by atoms with van der Waals surface area (Å²) in [4.78, 5) is 29.0. The van der Waals surface area contributed by atoms with Gasteiger partial charge in [-0.3, -0.25) is 9.59 Å². The second-order valence-electron chi connectivity index (χ2n) is 8.37. The molecule has 6 rings (SSSR count). The summed E-state index contributed by atoms with van der Waals surface area (Å²) in [7, 11) is 0. The quantitative estimate of drug-likeness (QED) is 0.378. The Kier molecular flexibility index (Phi) is 5.03. The lowest BCUT2D eigenvalue weighted by Gasteiger charge is -2.25. The second-order valence-corrected chi connectivity index (χ2v) is 8.37. The molecule has 0 N–H and O–H groups in total. The van der Waals surface area contributed by atoms with Crippen LogP contribution in [-0.4, -0.2) is 24.2 Å². The monoisotopic (exact) mass is 467 g/mol. The van der Waals surface area contributed by atoms with Gasteiger partial charge in [-0.2, -0.15) is 0 Å². The molecule has 35 heavy (non-hydrogen) atoms. The fraction of sp³-hybridized carbons (Fsp3) is 0.143. The summed E-state index contributed by atoms with van der Waals surface area (Å²) in [6, 6.07) is 19.3. The standard InChI is InChI=1S/C28H21NO6/c1-2-12-32-19-7-5-6-18(14-19)25-24-26(30)20-8-3-4-9-21(20)35-27(24)28(31)29(25)15-17-10-11-22-23(13-17)34-16-33-22/h2-11,13-14,25H,1,12,15-16H2/t25-/m0/s1. The van der Waals surface area contributed by atoms with Crippen LogP contribution in [0.5, 0.6) is 17.2 Å². The fourth-order valence-electron chi connectivity index (χ4n) is 4.64. The fourth-order valence-corrected chi connectivity index (χ4v) is 4.64. The molecular formula is C28H21NO6. The number of fused-ring (bicyclic) bond motifs is 3. The predicted octanol–water partition coefficient (Wildman–Crippen LogP) is 4.83. The molecular weight excluding hydrogens is 446 g/mol. The number of benzene rings is 3. The van der Waals surface area contributed by atoms with E-state index in [1.807, 2.05) is 42.5 Å². The normalized spacial score (nSPS) is 15.9. The van der Waals surface area contributed by atoms with Crippen LogP contribution in [0.3, 0.4) is 0 Å². The average Bonchev–Trinajstić information content (AvgIpc) is 3.46. The van der Waals surface area contributed by atoms with Gasteiger partial charge in [0.25, 0.3) is 5.91 Å². The van der Waals surface area contributed by atoms with Gasteiger partial charge in [0.15, 0.2) is 16.9 Å².